The molecule has 0 radical (unpaired) electrons. The largest absolute Gasteiger partial charge is 0.504 e. The molecular formula is C29H46N8O+2. The first-order valence-corrected chi connectivity index (χ1v) is 13.2. The quantitative estimate of drug-likeness (QED) is 0.132. The molecule has 0 aliphatic rings. The van der Waals surface area contributed by atoms with Crippen LogP contribution in [0.25, 0.3) is 0 Å². The smallest absolute Gasteiger partial charge is 0.168 e. The lowest BCUT2D eigenvalue weighted by Crippen LogP contribution is -2.36. The van der Waals surface area contributed by atoms with Gasteiger partial charge >= 0.3 is 0 Å². The normalized spacial score (nSPS) is 11.7. The number of hydrogen-bond donors (Lipinski definition) is 6. The van der Waals surface area contributed by atoms with Gasteiger partial charge in [-0.3, -0.25) is 0 Å². The molecule has 3 aromatic rings. The Hall–Kier alpha value is -3.69. The fourth-order valence-corrected chi connectivity index (χ4v) is 3.91. The molecule has 1 aromatic heterocycles. The van der Waals surface area contributed by atoms with E-state index in [1.165, 1.54) is 0 Å². The summed E-state index contributed by atoms with van der Waals surface area (Å²) in [5.74, 6) is 0.537. The molecule has 9 nitrogen and oxygen atoms in total. The van der Waals surface area contributed by atoms with Crippen molar-refractivity contribution in [1.29, 1.82) is 0 Å². The Morgan fingerprint density at radius 2 is 1.11 bits per heavy atom. The third kappa shape index (κ3) is 9.99. The molecule has 3 rings (SSSR count). The highest BCUT2D eigenvalue weighted by atomic mass is 16.3. The van der Waals surface area contributed by atoms with Crippen molar-refractivity contribution in [2.24, 2.45) is 0 Å². The van der Waals surface area contributed by atoms with E-state index in [9.17, 15) is 5.11 Å². The summed E-state index contributed by atoms with van der Waals surface area (Å²) in [4.78, 5) is 4.38. The Kier molecular flexibility index (Phi) is 9.66. The monoisotopic (exact) mass is 522 g/mol. The van der Waals surface area contributed by atoms with Crippen molar-refractivity contribution in [3.63, 3.8) is 0 Å². The van der Waals surface area contributed by atoms with Gasteiger partial charge in [0.2, 0.25) is 0 Å². The van der Waals surface area contributed by atoms with E-state index in [0.717, 1.165) is 70.7 Å². The number of aromatic hydroxyl groups is 1. The van der Waals surface area contributed by atoms with Crippen LogP contribution in [-0.2, 0) is 0 Å². The third-order valence-corrected chi connectivity index (χ3v) is 6.01. The Labute approximate surface area is 227 Å². The summed E-state index contributed by atoms with van der Waals surface area (Å²) in [6, 6.07) is 17.7. The third-order valence-electron chi connectivity index (χ3n) is 6.01. The summed E-state index contributed by atoms with van der Waals surface area (Å²) in [7, 11) is 13.2. The summed E-state index contributed by atoms with van der Waals surface area (Å²) >= 11 is 0. The van der Waals surface area contributed by atoms with Crippen LogP contribution in [0.1, 0.15) is 12.8 Å². The molecule has 0 fully saturated rings. The maximum atomic E-state index is 10.2. The number of nitrogens with one attached hydrogen (secondary N) is 4. The maximum absolute atomic E-state index is 10.2. The van der Waals surface area contributed by atoms with E-state index in [1.807, 2.05) is 48.5 Å². The fraction of sp³-hybridized carbons (Fsp3) is 0.414. The number of hydrogen-bond acceptors (Lipinski definition) is 7. The molecule has 0 bridgehead atoms. The van der Waals surface area contributed by atoms with Gasteiger partial charge in [0, 0.05) is 54.7 Å². The molecule has 0 amide bonds. The number of aromatic nitrogens is 1. The molecule has 7 N–H and O–H groups in total. The van der Waals surface area contributed by atoms with E-state index in [4.69, 9.17) is 5.73 Å². The molecule has 0 unspecified atom stereocenters. The number of anilines is 7. The number of pyridine rings is 1. The highest BCUT2D eigenvalue weighted by molar-refractivity contribution is 5.79. The van der Waals surface area contributed by atoms with Gasteiger partial charge in [0.15, 0.2) is 17.4 Å². The van der Waals surface area contributed by atoms with Gasteiger partial charge in [0.05, 0.1) is 61.1 Å². The van der Waals surface area contributed by atoms with E-state index in [2.05, 4.69) is 68.5 Å². The van der Waals surface area contributed by atoms with E-state index in [0.29, 0.717) is 11.5 Å². The van der Waals surface area contributed by atoms with Crippen molar-refractivity contribution >= 4 is 40.1 Å². The Morgan fingerprint density at radius 3 is 1.55 bits per heavy atom. The number of benzene rings is 2. The summed E-state index contributed by atoms with van der Waals surface area (Å²) in [6.45, 7) is 4.09. The van der Waals surface area contributed by atoms with Crippen LogP contribution < -0.4 is 27.0 Å². The van der Waals surface area contributed by atoms with Gasteiger partial charge in [-0.05, 0) is 48.5 Å². The number of nitrogens with two attached hydrogens (primary N) is 1. The Bertz CT molecular complexity index is 1060. The lowest BCUT2D eigenvalue weighted by atomic mass is 10.2. The van der Waals surface area contributed by atoms with Gasteiger partial charge in [0.1, 0.15) is 0 Å². The molecule has 2 aromatic carbocycles. The van der Waals surface area contributed by atoms with Crippen LogP contribution in [0.15, 0.2) is 54.6 Å². The minimum atomic E-state index is -0.0676. The van der Waals surface area contributed by atoms with Crippen molar-refractivity contribution in [1.82, 2.24) is 4.98 Å². The zero-order valence-corrected chi connectivity index (χ0v) is 23.8. The van der Waals surface area contributed by atoms with Gasteiger partial charge in [-0.1, -0.05) is 0 Å². The van der Waals surface area contributed by atoms with Crippen LogP contribution >= 0.6 is 0 Å². The molecule has 9 heteroatoms. The van der Waals surface area contributed by atoms with Crippen molar-refractivity contribution < 1.29 is 14.1 Å². The summed E-state index contributed by atoms with van der Waals surface area (Å²) < 4.78 is 1.92. The van der Waals surface area contributed by atoms with Gasteiger partial charge in [-0.15, -0.1) is 0 Å². The number of quaternary nitrogens is 2. The first-order chi connectivity index (χ1) is 17.9. The zero-order valence-electron chi connectivity index (χ0n) is 23.8. The molecular weight excluding hydrogens is 476 g/mol. The average molecular weight is 523 g/mol. The number of nitrogens with zero attached hydrogens (tertiary/aromatic N) is 3. The first kappa shape index (κ1) is 28.9. The average Bonchev–Trinajstić information content (AvgIpc) is 2.83. The highest BCUT2D eigenvalue weighted by Gasteiger charge is 2.11. The molecule has 0 aliphatic carbocycles. The van der Waals surface area contributed by atoms with E-state index < -0.39 is 0 Å². The van der Waals surface area contributed by atoms with Crippen molar-refractivity contribution in [2.75, 3.05) is 95.5 Å². The lowest BCUT2D eigenvalue weighted by molar-refractivity contribution is -0.870. The second-order valence-corrected chi connectivity index (χ2v) is 11.8. The van der Waals surface area contributed by atoms with Gasteiger partial charge in [0.25, 0.3) is 0 Å². The molecule has 0 saturated carbocycles. The summed E-state index contributed by atoms with van der Waals surface area (Å²) in [6.07, 6.45) is 2.20. The molecule has 0 atom stereocenters. The van der Waals surface area contributed by atoms with E-state index in [1.54, 1.807) is 6.07 Å². The number of rotatable bonds is 14. The van der Waals surface area contributed by atoms with Crippen molar-refractivity contribution in [2.45, 2.75) is 12.8 Å². The Morgan fingerprint density at radius 1 is 0.684 bits per heavy atom. The first-order valence-electron chi connectivity index (χ1n) is 13.2. The van der Waals surface area contributed by atoms with Crippen LogP contribution in [0.5, 0.6) is 5.75 Å². The second kappa shape index (κ2) is 12.7. The highest BCUT2D eigenvalue weighted by Crippen LogP contribution is 2.33. The van der Waals surface area contributed by atoms with Crippen LogP contribution in [0.2, 0.25) is 0 Å². The van der Waals surface area contributed by atoms with Crippen LogP contribution in [0.3, 0.4) is 0 Å². The van der Waals surface area contributed by atoms with Gasteiger partial charge < -0.3 is 41.1 Å². The predicted octanol–water partition coefficient (Wildman–Crippen LogP) is 4.87. The zero-order chi connectivity index (χ0) is 27.8. The Balaban J connectivity index is 1.61. The van der Waals surface area contributed by atoms with Crippen LogP contribution in [0.4, 0.5) is 40.1 Å². The predicted molar refractivity (Wildman–Crippen MR) is 162 cm³/mol. The minimum Gasteiger partial charge on any atom is -0.504 e. The van der Waals surface area contributed by atoms with Crippen molar-refractivity contribution in [3.8, 4) is 5.75 Å². The molecule has 1 heterocycles. The SMILES string of the molecule is C[N+](C)(C)CCCNc1ccc(Nc2cc(O)c(N)nc2Nc2ccc(NCCC[N+](C)(C)C)cc2)cc1. The van der Waals surface area contributed by atoms with Crippen LogP contribution in [0, 0.1) is 0 Å². The summed E-state index contributed by atoms with van der Waals surface area (Å²) in [5, 5.41) is 23.8. The van der Waals surface area contributed by atoms with Gasteiger partial charge in [-0.2, -0.15) is 0 Å². The van der Waals surface area contributed by atoms with Crippen LogP contribution in [-0.4, -0.2) is 87.5 Å². The second-order valence-electron chi connectivity index (χ2n) is 11.8. The lowest BCUT2D eigenvalue weighted by Gasteiger charge is -2.23. The van der Waals surface area contributed by atoms with Gasteiger partial charge in [-0.25, -0.2) is 4.98 Å². The molecule has 206 valence electrons. The van der Waals surface area contributed by atoms with Crippen molar-refractivity contribution in [3.05, 3.63) is 54.6 Å². The topological polar surface area (TPSA) is 107 Å². The molecule has 38 heavy (non-hydrogen) atoms. The van der Waals surface area contributed by atoms with E-state index in [-0.39, 0.29) is 11.6 Å². The summed E-state index contributed by atoms with van der Waals surface area (Å²) in [5.41, 5.74) is 10.4. The maximum Gasteiger partial charge on any atom is 0.168 e. The molecule has 0 spiro atoms. The molecule has 0 aliphatic heterocycles. The fourth-order valence-electron chi connectivity index (χ4n) is 3.91. The minimum absolute atomic E-state index is 0.0676. The van der Waals surface area contributed by atoms with E-state index >= 15 is 0 Å². The standard InChI is InChI=1S/C29H45N8O/c1-36(2,3)19-7-17-31-22-9-13-24(14-10-22)33-26-21-27(38)28(30)35-29(26)34-25-15-11-23(12-16-25)32-18-8-20-37(4,5)6/h9-16,21,31-33H,7-8,17-20H2,1-6H3,(H3-,30,34,35,38)/q+1/p+1. The molecule has 0 saturated heterocycles. The number of nitrogen functional groups attached to an aromatic ring is 1.